The molecule has 23 heavy (non-hydrogen) atoms. The first-order valence-corrected chi connectivity index (χ1v) is 7.44. The third kappa shape index (κ3) is 3.64. The molecule has 0 bridgehead atoms. The summed E-state index contributed by atoms with van der Waals surface area (Å²) >= 11 is 0. The second kappa shape index (κ2) is 6.73. The lowest BCUT2D eigenvalue weighted by Gasteiger charge is -2.20. The van der Waals surface area contributed by atoms with Gasteiger partial charge in [-0.25, -0.2) is 9.18 Å². The van der Waals surface area contributed by atoms with Crippen LogP contribution in [0.15, 0.2) is 24.3 Å². The molecule has 2 aromatic rings. The molecule has 0 spiro atoms. The number of fused-ring (bicyclic) bond motifs is 1. The minimum Gasteiger partial charge on any atom is -0.480 e. The van der Waals surface area contributed by atoms with Crippen LogP contribution in [-0.2, 0) is 4.79 Å². The molecule has 1 aromatic heterocycles. The smallest absolute Gasteiger partial charge is 0.326 e. The fraction of sp³-hybridized carbons (Fsp3) is 0.353. The van der Waals surface area contributed by atoms with Gasteiger partial charge in [-0.1, -0.05) is 20.3 Å². The van der Waals surface area contributed by atoms with Gasteiger partial charge in [-0.2, -0.15) is 0 Å². The summed E-state index contributed by atoms with van der Waals surface area (Å²) in [4.78, 5) is 28.2. The molecule has 0 radical (unpaired) electrons. The van der Waals surface area contributed by atoms with E-state index >= 15 is 0 Å². The number of amides is 1. The maximum absolute atomic E-state index is 13.5. The lowest BCUT2D eigenvalue weighted by atomic mass is 9.98. The first-order chi connectivity index (χ1) is 10.8. The summed E-state index contributed by atoms with van der Waals surface area (Å²) in [7, 11) is 0. The maximum Gasteiger partial charge on any atom is 0.326 e. The summed E-state index contributed by atoms with van der Waals surface area (Å²) in [6.07, 6.45) is 0.613. The van der Waals surface area contributed by atoms with Crippen LogP contribution in [0, 0.1) is 18.7 Å². The SMILES string of the molecule is CCC(C)C(NC(=O)c1cc(C)nc2ccc(F)cc12)C(=O)O. The van der Waals surface area contributed by atoms with Crippen molar-refractivity contribution in [2.45, 2.75) is 33.2 Å². The largest absolute Gasteiger partial charge is 0.480 e. The molecule has 1 aromatic carbocycles. The van der Waals surface area contributed by atoms with Crippen molar-refractivity contribution in [2.75, 3.05) is 0 Å². The Morgan fingerprint density at radius 2 is 2.04 bits per heavy atom. The number of nitrogens with one attached hydrogen (secondary N) is 1. The summed E-state index contributed by atoms with van der Waals surface area (Å²) in [5.41, 5.74) is 1.32. The van der Waals surface area contributed by atoms with Crippen LogP contribution < -0.4 is 5.32 Å². The fourth-order valence-electron chi connectivity index (χ4n) is 2.42. The second-order valence-corrected chi connectivity index (χ2v) is 5.65. The van der Waals surface area contributed by atoms with Gasteiger partial charge in [-0.05, 0) is 37.1 Å². The lowest BCUT2D eigenvalue weighted by Crippen LogP contribution is -2.45. The molecule has 2 rings (SSSR count). The van der Waals surface area contributed by atoms with Crippen molar-refractivity contribution in [3.8, 4) is 0 Å². The van der Waals surface area contributed by atoms with Crippen LogP contribution in [0.25, 0.3) is 10.9 Å². The van der Waals surface area contributed by atoms with Crippen LogP contribution in [0.5, 0.6) is 0 Å². The van der Waals surface area contributed by atoms with Crippen LogP contribution in [0.2, 0.25) is 0 Å². The molecule has 2 N–H and O–H groups in total. The van der Waals surface area contributed by atoms with Crippen molar-refractivity contribution in [3.63, 3.8) is 0 Å². The molecule has 2 atom stereocenters. The average molecular weight is 318 g/mol. The molecule has 1 heterocycles. The number of nitrogens with zero attached hydrogens (tertiary/aromatic N) is 1. The zero-order chi connectivity index (χ0) is 17.1. The van der Waals surface area contributed by atoms with E-state index < -0.39 is 23.7 Å². The molecule has 0 saturated carbocycles. The minimum atomic E-state index is -1.09. The van der Waals surface area contributed by atoms with Crippen molar-refractivity contribution in [1.29, 1.82) is 0 Å². The molecule has 6 heteroatoms. The Hall–Kier alpha value is -2.50. The van der Waals surface area contributed by atoms with E-state index in [2.05, 4.69) is 10.3 Å². The summed E-state index contributed by atoms with van der Waals surface area (Å²) in [6, 6.07) is 4.54. The third-order valence-corrected chi connectivity index (χ3v) is 3.91. The highest BCUT2D eigenvalue weighted by atomic mass is 19.1. The number of carboxylic acid groups (broad SMARTS) is 1. The Kier molecular flexibility index (Phi) is 4.93. The van der Waals surface area contributed by atoms with Gasteiger partial charge in [0, 0.05) is 11.1 Å². The summed E-state index contributed by atoms with van der Waals surface area (Å²) < 4.78 is 13.5. The van der Waals surface area contributed by atoms with Crippen LogP contribution in [0.4, 0.5) is 4.39 Å². The highest BCUT2D eigenvalue weighted by Gasteiger charge is 2.26. The van der Waals surface area contributed by atoms with Gasteiger partial charge in [-0.3, -0.25) is 9.78 Å². The molecule has 0 saturated heterocycles. The van der Waals surface area contributed by atoms with Gasteiger partial charge in [0.2, 0.25) is 0 Å². The molecule has 5 nitrogen and oxygen atoms in total. The van der Waals surface area contributed by atoms with E-state index in [4.69, 9.17) is 0 Å². The van der Waals surface area contributed by atoms with Gasteiger partial charge < -0.3 is 10.4 Å². The standard InChI is InChI=1S/C17H19FN2O3/c1-4-9(2)15(17(22)23)20-16(21)13-7-10(3)19-14-6-5-11(18)8-12(13)14/h5-9,15H,4H2,1-3H3,(H,20,21)(H,22,23). The van der Waals surface area contributed by atoms with Gasteiger partial charge >= 0.3 is 5.97 Å². The summed E-state index contributed by atoms with van der Waals surface area (Å²) in [5.74, 6) is -2.33. The van der Waals surface area contributed by atoms with Gasteiger partial charge in [-0.15, -0.1) is 0 Å². The van der Waals surface area contributed by atoms with E-state index in [0.29, 0.717) is 23.0 Å². The Labute approximate surface area is 133 Å². The molecular weight excluding hydrogens is 299 g/mol. The normalized spacial score (nSPS) is 13.6. The first kappa shape index (κ1) is 16.9. The van der Waals surface area contributed by atoms with Crippen molar-refractivity contribution in [2.24, 2.45) is 5.92 Å². The van der Waals surface area contributed by atoms with Crippen LogP contribution >= 0.6 is 0 Å². The molecule has 2 unspecified atom stereocenters. The number of pyridine rings is 1. The number of aliphatic carboxylic acids is 1. The van der Waals surface area contributed by atoms with E-state index in [9.17, 15) is 19.1 Å². The number of aromatic nitrogens is 1. The lowest BCUT2D eigenvalue weighted by molar-refractivity contribution is -0.140. The van der Waals surface area contributed by atoms with E-state index in [1.807, 2.05) is 6.92 Å². The van der Waals surface area contributed by atoms with Gasteiger partial charge in [0.1, 0.15) is 11.9 Å². The van der Waals surface area contributed by atoms with Gasteiger partial charge in [0.15, 0.2) is 0 Å². The van der Waals surface area contributed by atoms with Crippen molar-refractivity contribution in [3.05, 3.63) is 41.3 Å². The topological polar surface area (TPSA) is 79.3 Å². The Bertz CT molecular complexity index is 761. The number of rotatable bonds is 5. The number of benzene rings is 1. The Morgan fingerprint density at radius 3 is 2.65 bits per heavy atom. The first-order valence-electron chi connectivity index (χ1n) is 7.44. The van der Waals surface area contributed by atoms with Crippen LogP contribution in [-0.4, -0.2) is 28.0 Å². The van der Waals surface area contributed by atoms with Gasteiger partial charge in [0.05, 0.1) is 11.1 Å². The van der Waals surface area contributed by atoms with Crippen LogP contribution in [0.3, 0.4) is 0 Å². The van der Waals surface area contributed by atoms with Gasteiger partial charge in [0.25, 0.3) is 5.91 Å². The average Bonchev–Trinajstić information content (AvgIpc) is 2.50. The summed E-state index contributed by atoms with van der Waals surface area (Å²) in [5, 5.41) is 12.2. The second-order valence-electron chi connectivity index (χ2n) is 5.65. The molecular formula is C17H19FN2O3. The predicted molar refractivity (Wildman–Crippen MR) is 84.8 cm³/mol. The van der Waals surface area contributed by atoms with Crippen LogP contribution in [0.1, 0.15) is 36.3 Å². The number of carbonyl (C=O) groups excluding carboxylic acids is 1. The number of carbonyl (C=O) groups is 2. The number of carboxylic acids is 1. The van der Waals surface area contributed by atoms with E-state index in [-0.39, 0.29) is 11.5 Å². The monoisotopic (exact) mass is 318 g/mol. The van der Waals surface area contributed by atoms with E-state index in [1.165, 1.54) is 24.3 Å². The minimum absolute atomic E-state index is 0.220. The van der Waals surface area contributed by atoms with Crippen molar-refractivity contribution < 1.29 is 19.1 Å². The number of aryl methyl sites for hydroxylation is 1. The van der Waals surface area contributed by atoms with E-state index in [0.717, 1.165) is 0 Å². The quantitative estimate of drug-likeness (QED) is 0.888. The number of hydrogen-bond donors (Lipinski definition) is 2. The molecule has 1 amide bonds. The Morgan fingerprint density at radius 1 is 1.35 bits per heavy atom. The van der Waals surface area contributed by atoms with E-state index in [1.54, 1.807) is 13.8 Å². The number of halogens is 1. The number of hydrogen-bond acceptors (Lipinski definition) is 3. The molecule has 122 valence electrons. The molecule has 0 aliphatic carbocycles. The molecule has 0 fully saturated rings. The fourth-order valence-corrected chi connectivity index (χ4v) is 2.42. The van der Waals surface area contributed by atoms with Crippen molar-refractivity contribution >= 4 is 22.8 Å². The zero-order valence-electron chi connectivity index (χ0n) is 13.3. The zero-order valence-corrected chi connectivity index (χ0v) is 13.3. The summed E-state index contributed by atoms with van der Waals surface area (Å²) in [6.45, 7) is 5.34. The highest BCUT2D eigenvalue weighted by molar-refractivity contribution is 6.07. The molecule has 0 aliphatic heterocycles. The third-order valence-electron chi connectivity index (χ3n) is 3.91. The molecule has 0 aliphatic rings. The maximum atomic E-state index is 13.5. The van der Waals surface area contributed by atoms with Crippen molar-refractivity contribution in [1.82, 2.24) is 10.3 Å². The predicted octanol–water partition coefficient (Wildman–Crippen LogP) is 2.91. The Balaban J connectivity index is 2.44. The highest BCUT2D eigenvalue weighted by Crippen LogP contribution is 2.20.